The zero-order chi connectivity index (χ0) is 40.7. The molecule has 0 amide bonds. The molecule has 0 saturated heterocycles. The van der Waals surface area contributed by atoms with E-state index < -0.39 is 39.8 Å². The highest BCUT2D eigenvalue weighted by molar-refractivity contribution is 5.89. The van der Waals surface area contributed by atoms with Crippen LogP contribution in [0.1, 0.15) is 113 Å². The van der Waals surface area contributed by atoms with Crippen molar-refractivity contribution in [1.82, 2.24) is 0 Å². The van der Waals surface area contributed by atoms with Gasteiger partial charge in [-0.25, -0.2) is 4.79 Å². The highest BCUT2D eigenvalue weighted by atomic mass is 16.7. The Labute approximate surface area is 326 Å². The highest BCUT2D eigenvalue weighted by Gasteiger charge is 2.72. The molecule has 6 aliphatic carbocycles. The van der Waals surface area contributed by atoms with E-state index >= 15 is 0 Å². The van der Waals surface area contributed by atoms with E-state index in [1.807, 2.05) is 27.7 Å². The SMILES string of the molecule is CC(=O)OCCC1C(C)CCC1C1(C=O)CC2C=C(C(C)C)C1(C(=O)O)C2.COC(=O)OCCC1C(C)CCC1C1(C=O)CC2C=C(C(C)C)C1(C(=O)O)C2. The first-order valence-corrected chi connectivity index (χ1v) is 20.6. The summed E-state index contributed by atoms with van der Waals surface area (Å²) in [6, 6.07) is 0. The van der Waals surface area contributed by atoms with Gasteiger partial charge in [0.25, 0.3) is 0 Å². The Balaban J connectivity index is 0.000000211. The van der Waals surface area contributed by atoms with Gasteiger partial charge in [-0.05, 0) is 111 Å². The molecule has 11 nitrogen and oxygen atoms in total. The number of carboxylic acids is 2. The normalized spacial score (nSPS) is 39.7. The molecule has 4 fully saturated rings. The van der Waals surface area contributed by atoms with Crippen LogP contribution in [0.5, 0.6) is 0 Å². The van der Waals surface area contributed by atoms with Crippen LogP contribution in [-0.4, -0.2) is 67.2 Å². The summed E-state index contributed by atoms with van der Waals surface area (Å²) in [6.07, 6.45) is 12.8. The van der Waals surface area contributed by atoms with Gasteiger partial charge in [0, 0.05) is 17.8 Å². The number of methoxy groups -OCH3 is 1. The lowest BCUT2D eigenvalue weighted by atomic mass is 9.52. The van der Waals surface area contributed by atoms with Gasteiger partial charge in [-0.2, -0.15) is 0 Å². The maximum atomic E-state index is 12.7. The summed E-state index contributed by atoms with van der Waals surface area (Å²) in [4.78, 5) is 73.1. The third-order valence-corrected chi connectivity index (χ3v) is 15.4. The van der Waals surface area contributed by atoms with Gasteiger partial charge in [-0.15, -0.1) is 0 Å². The molecule has 0 radical (unpaired) electrons. The molecule has 0 aromatic heterocycles. The van der Waals surface area contributed by atoms with Crippen molar-refractivity contribution >= 4 is 36.6 Å². The molecule has 306 valence electrons. The average Bonchev–Trinajstić information content (AvgIpc) is 3.98. The topological polar surface area (TPSA) is 171 Å². The standard InChI is InChI=1S/C22H32O6.C22H32O5/c1-13(2)18-9-15-10-21(12-23,22(18,11-15)19(24)25)17-6-5-14(3)16(17)7-8-28-20(26)27-4;1-13(2)19-9-16-10-21(12-23,22(19,11-16)20(25)26)18-6-5-14(3)17(18)7-8-27-15(4)24/h9,12-17H,5-8,10-11H2,1-4H3,(H,24,25);9,12-14,16-18H,5-8,10-11H2,1-4H3,(H,25,26). The Bertz CT molecular complexity index is 1580. The van der Waals surface area contributed by atoms with Crippen LogP contribution in [0.3, 0.4) is 0 Å². The van der Waals surface area contributed by atoms with Gasteiger partial charge >= 0.3 is 24.1 Å². The van der Waals surface area contributed by atoms with Crippen LogP contribution in [0.25, 0.3) is 0 Å². The third-order valence-electron chi connectivity index (χ3n) is 15.4. The smallest absolute Gasteiger partial charge is 0.481 e. The lowest BCUT2D eigenvalue weighted by Crippen LogP contribution is -2.53. The number of rotatable bonds is 14. The van der Waals surface area contributed by atoms with Crippen LogP contribution < -0.4 is 0 Å². The van der Waals surface area contributed by atoms with E-state index in [4.69, 9.17) is 9.47 Å². The first-order chi connectivity index (χ1) is 25.9. The second-order valence-corrected chi connectivity index (χ2v) is 18.5. The molecule has 0 aromatic carbocycles. The summed E-state index contributed by atoms with van der Waals surface area (Å²) in [5.41, 5.74) is -2.02. The van der Waals surface area contributed by atoms with Crippen molar-refractivity contribution in [1.29, 1.82) is 0 Å². The first-order valence-electron chi connectivity index (χ1n) is 20.6. The minimum atomic E-state index is -1.09. The summed E-state index contributed by atoms with van der Waals surface area (Å²) in [5, 5.41) is 20.8. The fourth-order valence-corrected chi connectivity index (χ4v) is 13.4. The number of hydrogen-bond donors (Lipinski definition) is 2. The minimum absolute atomic E-state index is 0.00945. The van der Waals surface area contributed by atoms with Crippen LogP contribution in [0, 0.1) is 80.8 Å². The summed E-state index contributed by atoms with van der Waals surface area (Å²) < 4.78 is 14.8. The quantitative estimate of drug-likeness (QED) is 0.0999. The molecule has 0 aromatic rings. The number of hydrogen-bond acceptors (Lipinski definition) is 9. The zero-order valence-corrected chi connectivity index (χ0v) is 34.1. The highest BCUT2D eigenvalue weighted by Crippen LogP contribution is 2.72. The van der Waals surface area contributed by atoms with Crippen molar-refractivity contribution in [3.63, 3.8) is 0 Å². The summed E-state index contributed by atoms with van der Waals surface area (Å²) in [7, 11) is 1.27. The number of allylic oxidation sites excluding steroid dienone is 2. The van der Waals surface area contributed by atoms with E-state index in [0.717, 1.165) is 49.4 Å². The fourth-order valence-electron chi connectivity index (χ4n) is 13.4. The molecule has 4 bridgehead atoms. The molecule has 0 aliphatic heterocycles. The van der Waals surface area contributed by atoms with E-state index in [0.29, 0.717) is 57.0 Å². The first kappa shape index (κ1) is 42.6. The molecule has 6 rings (SSSR count). The number of carbonyl (C=O) groups is 6. The van der Waals surface area contributed by atoms with Gasteiger partial charge in [0.2, 0.25) is 0 Å². The summed E-state index contributed by atoms with van der Waals surface area (Å²) in [6.45, 7) is 14.4. The lowest BCUT2D eigenvalue weighted by molar-refractivity contribution is -0.160. The van der Waals surface area contributed by atoms with Gasteiger partial charge in [-0.1, -0.05) is 77.7 Å². The number of aliphatic carboxylic acids is 2. The third kappa shape index (κ3) is 6.77. The Kier molecular flexibility index (Phi) is 12.5. The van der Waals surface area contributed by atoms with Crippen molar-refractivity contribution in [3.05, 3.63) is 23.3 Å². The van der Waals surface area contributed by atoms with Crippen molar-refractivity contribution in [2.24, 2.45) is 80.8 Å². The van der Waals surface area contributed by atoms with Crippen LogP contribution in [0.4, 0.5) is 4.79 Å². The van der Waals surface area contributed by atoms with Gasteiger partial charge in [-0.3, -0.25) is 14.4 Å². The Morgan fingerprint density at radius 3 is 1.44 bits per heavy atom. The second-order valence-electron chi connectivity index (χ2n) is 18.5. The summed E-state index contributed by atoms with van der Waals surface area (Å²) >= 11 is 0. The molecular formula is C44H64O11. The van der Waals surface area contributed by atoms with E-state index in [2.05, 4.69) is 30.7 Å². The van der Waals surface area contributed by atoms with E-state index in [-0.39, 0.29) is 59.9 Å². The largest absolute Gasteiger partial charge is 0.507 e. The fraction of sp³-hybridized carbons (Fsp3) is 0.773. The van der Waals surface area contributed by atoms with E-state index in [1.54, 1.807) is 0 Å². The monoisotopic (exact) mass is 768 g/mol. The number of carbonyl (C=O) groups excluding carboxylic acids is 4. The molecule has 4 saturated carbocycles. The number of aldehydes is 2. The molecule has 0 heterocycles. The molecule has 6 aliphatic rings. The van der Waals surface area contributed by atoms with Crippen LogP contribution in [-0.2, 0) is 38.2 Å². The Morgan fingerprint density at radius 1 is 0.709 bits per heavy atom. The van der Waals surface area contributed by atoms with E-state index in [9.17, 15) is 39.0 Å². The van der Waals surface area contributed by atoms with Crippen molar-refractivity contribution < 1.29 is 53.2 Å². The maximum absolute atomic E-state index is 12.7. The maximum Gasteiger partial charge on any atom is 0.507 e. The molecule has 0 spiro atoms. The number of fused-ring (bicyclic) bond motifs is 4. The second kappa shape index (κ2) is 16.2. The van der Waals surface area contributed by atoms with Crippen LogP contribution in [0.2, 0.25) is 0 Å². The predicted molar refractivity (Wildman–Crippen MR) is 203 cm³/mol. The number of ether oxygens (including phenoxy) is 3. The molecule has 55 heavy (non-hydrogen) atoms. The molecule has 11 heteroatoms. The predicted octanol–water partition coefficient (Wildman–Crippen LogP) is 7.95. The van der Waals surface area contributed by atoms with Gasteiger partial charge in [0.1, 0.15) is 23.4 Å². The van der Waals surface area contributed by atoms with Gasteiger partial charge in [0.05, 0.1) is 20.3 Å². The van der Waals surface area contributed by atoms with Crippen molar-refractivity contribution in [3.8, 4) is 0 Å². The Hall–Kier alpha value is -3.50. The van der Waals surface area contributed by atoms with Gasteiger partial charge < -0.3 is 34.0 Å². The van der Waals surface area contributed by atoms with Crippen LogP contribution in [0.15, 0.2) is 23.3 Å². The van der Waals surface area contributed by atoms with Crippen molar-refractivity contribution in [2.45, 2.75) is 113 Å². The average molecular weight is 769 g/mol. The Morgan fingerprint density at radius 2 is 1.11 bits per heavy atom. The van der Waals surface area contributed by atoms with Crippen LogP contribution >= 0.6 is 0 Å². The molecule has 12 unspecified atom stereocenters. The number of carboxylic acid groups (broad SMARTS) is 2. The lowest BCUT2D eigenvalue weighted by Gasteiger charge is -2.48. The zero-order valence-electron chi connectivity index (χ0n) is 34.1. The molecular weight excluding hydrogens is 704 g/mol. The minimum Gasteiger partial charge on any atom is -0.481 e. The molecule has 12 atom stereocenters. The summed E-state index contributed by atoms with van der Waals surface area (Å²) in [5.74, 6) is -0.310. The van der Waals surface area contributed by atoms with Crippen molar-refractivity contribution in [2.75, 3.05) is 20.3 Å². The van der Waals surface area contributed by atoms with E-state index in [1.165, 1.54) is 14.0 Å². The molecule has 2 N–H and O–H groups in total. The van der Waals surface area contributed by atoms with Gasteiger partial charge in [0.15, 0.2) is 0 Å². The number of esters is 1.